The molecule has 1 aliphatic heterocycles. The number of hydrogen-bond acceptors (Lipinski definition) is 4. The number of furan rings is 1. The molecule has 0 saturated carbocycles. The van der Waals surface area contributed by atoms with Crippen molar-refractivity contribution >= 4 is 46.3 Å². The highest BCUT2D eigenvalue weighted by molar-refractivity contribution is 8.19. The highest BCUT2D eigenvalue weighted by atomic mass is 35.5. The number of carbonyl (C=O) groups is 2. The molecule has 1 aliphatic rings. The first-order valence-electron chi connectivity index (χ1n) is 5.72. The molecule has 3 rings (SSSR count). The molecule has 0 unspecified atom stereocenters. The van der Waals surface area contributed by atoms with Crippen molar-refractivity contribution in [2.24, 2.45) is 0 Å². The van der Waals surface area contributed by atoms with Gasteiger partial charge in [-0.25, -0.2) is 4.90 Å². The Morgan fingerprint density at radius 1 is 1.15 bits per heavy atom. The van der Waals surface area contributed by atoms with Gasteiger partial charge in [-0.05, 0) is 48.2 Å². The van der Waals surface area contributed by atoms with Crippen LogP contribution in [0.1, 0.15) is 5.76 Å². The van der Waals surface area contributed by atoms with Crippen molar-refractivity contribution in [2.45, 2.75) is 0 Å². The lowest BCUT2D eigenvalue weighted by Crippen LogP contribution is -2.27. The van der Waals surface area contributed by atoms with Crippen LogP contribution in [0.5, 0.6) is 0 Å². The molecular formula is C14H8ClNO3S. The second-order valence-corrected chi connectivity index (χ2v) is 5.44. The van der Waals surface area contributed by atoms with Gasteiger partial charge in [0, 0.05) is 11.1 Å². The van der Waals surface area contributed by atoms with E-state index >= 15 is 0 Å². The molecule has 1 aromatic heterocycles. The van der Waals surface area contributed by atoms with Gasteiger partial charge in [-0.15, -0.1) is 0 Å². The molecule has 0 atom stereocenters. The summed E-state index contributed by atoms with van der Waals surface area (Å²) in [6.07, 6.45) is 3.07. The van der Waals surface area contributed by atoms with E-state index in [1.165, 1.54) is 6.26 Å². The van der Waals surface area contributed by atoms with Gasteiger partial charge in [0.05, 0.1) is 16.9 Å². The van der Waals surface area contributed by atoms with Crippen LogP contribution >= 0.6 is 23.4 Å². The molecule has 6 heteroatoms. The Labute approximate surface area is 124 Å². The van der Waals surface area contributed by atoms with Crippen LogP contribution in [0.3, 0.4) is 0 Å². The Kier molecular flexibility index (Phi) is 3.38. The van der Waals surface area contributed by atoms with Crippen LogP contribution in [0.2, 0.25) is 5.02 Å². The number of hydrogen-bond donors (Lipinski definition) is 0. The molecule has 0 spiro atoms. The van der Waals surface area contributed by atoms with E-state index in [2.05, 4.69) is 0 Å². The van der Waals surface area contributed by atoms with Crippen molar-refractivity contribution < 1.29 is 14.0 Å². The molecule has 2 aromatic rings. The Morgan fingerprint density at radius 2 is 1.90 bits per heavy atom. The summed E-state index contributed by atoms with van der Waals surface area (Å²) < 4.78 is 5.15. The number of rotatable bonds is 2. The fourth-order valence-corrected chi connectivity index (χ4v) is 2.73. The van der Waals surface area contributed by atoms with Crippen LogP contribution in [0, 0.1) is 0 Å². The zero-order valence-electron chi connectivity index (χ0n) is 10.1. The summed E-state index contributed by atoms with van der Waals surface area (Å²) in [5, 5.41) is 0.210. The molecule has 1 saturated heterocycles. The molecule has 2 heterocycles. The SMILES string of the molecule is O=C1S/C(=C/c2ccco2)C(=O)N1c1ccc(Cl)cc1. The van der Waals surface area contributed by atoms with Crippen molar-refractivity contribution in [1.29, 1.82) is 0 Å². The zero-order valence-corrected chi connectivity index (χ0v) is 11.6. The van der Waals surface area contributed by atoms with E-state index in [0.29, 0.717) is 21.4 Å². The first kappa shape index (κ1) is 13.0. The van der Waals surface area contributed by atoms with Gasteiger partial charge in [0.15, 0.2) is 0 Å². The number of benzene rings is 1. The van der Waals surface area contributed by atoms with Crippen molar-refractivity contribution in [3.63, 3.8) is 0 Å². The lowest BCUT2D eigenvalue weighted by molar-refractivity contribution is -0.113. The number of halogens is 1. The molecule has 1 fully saturated rings. The average molecular weight is 306 g/mol. The van der Waals surface area contributed by atoms with Crippen LogP contribution in [0.4, 0.5) is 10.5 Å². The second-order valence-electron chi connectivity index (χ2n) is 4.01. The summed E-state index contributed by atoms with van der Waals surface area (Å²) in [4.78, 5) is 25.7. The maximum Gasteiger partial charge on any atom is 0.298 e. The predicted molar refractivity (Wildman–Crippen MR) is 78.6 cm³/mol. The van der Waals surface area contributed by atoms with E-state index in [1.807, 2.05) is 0 Å². The maximum absolute atomic E-state index is 12.3. The minimum atomic E-state index is -0.362. The molecule has 4 nitrogen and oxygen atoms in total. The Balaban J connectivity index is 1.93. The number of amides is 2. The summed E-state index contributed by atoms with van der Waals surface area (Å²) >= 11 is 6.68. The number of imide groups is 1. The van der Waals surface area contributed by atoms with Crippen molar-refractivity contribution in [3.8, 4) is 0 Å². The number of carbonyl (C=O) groups excluding carboxylic acids is 2. The first-order valence-corrected chi connectivity index (χ1v) is 6.91. The lowest BCUT2D eigenvalue weighted by atomic mass is 10.3. The molecule has 100 valence electrons. The molecule has 1 aromatic carbocycles. The van der Waals surface area contributed by atoms with Gasteiger partial charge >= 0.3 is 0 Å². The van der Waals surface area contributed by atoms with Gasteiger partial charge in [-0.3, -0.25) is 9.59 Å². The molecule has 20 heavy (non-hydrogen) atoms. The first-order chi connectivity index (χ1) is 9.65. The zero-order chi connectivity index (χ0) is 14.1. The van der Waals surface area contributed by atoms with E-state index < -0.39 is 0 Å². The Bertz CT molecular complexity index is 692. The van der Waals surface area contributed by atoms with E-state index in [1.54, 1.807) is 42.5 Å². The van der Waals surface area contributed by atoms with Gasteiger partial charge in [0.1, 0.15) is 5.76 Å². The normalized spacial score (nSPS) is 17.2. The quantitative estimate of drug-likeness (QED) is 0.781. The summed E-state index contributed by atoms with van der Waals surface area (Å²) in [6, 6.07) is 9.97. The smallest absolute Gasteiger partial charge is 0.298 e. The topological polar surface area (TPSA) is 50.5 Å². The van der Waals surface area contributed by atoms with Crippen LogP contribution < -0.4 is 4.90 Å². The standard InChI is InChI=1S/C14H8ClNO3S/c15-9-3-5-10(6-4-9)16-13(17)12(20-14(16)18)8-11-2-1-7-19-11/h1-8H/b12-8+. The Morgan fingerprint density at radius 3 is 2.55 bits per heavy atom. The van der Waals surface area contributed by atoms with Crippen LogP contribution in [0.25, 0.3) is 6.08 Å². The minimum absolute atomic E-state index is 0.333. The van der Waals surface area contributed by atoms with E-state index in [9.17, 15) is 9.59 Å². The second kappa shape index (κ2) is 5.19. The number of nitrogens with zero attached hydrogens (tertiary/aromatic N) is 1. The summed E-state index contributed by atoms with van der Waals surface area (Å²) in [5.41, 5.74) is 0.500. The van der Waals surface area contributed by atoms with Crippen LogP contribution in [0.15, 0.2) is 52.0 Å². The number of anilines is 1. The molecule has 0 bridgehead atoms. The van der Waals surface area contributed by atoms with Crippen molar-refractivity contribution in [2.75, 3.05) is 4.90 Å². The number of thioether (sulfide) groups is 1. The van der Waals surface area contributed by atoms with E-state index in [0.717, 1.165) is 16.7 Å². The van der Waals surface area contributed by atoms with Gasteiger partial charge in [-0.2, -0.15) is 0 Å². The lowest BCUT2D eigenvalue weighted by Gasteiger charge is -2.11. The molecular weight excluding hydrogens is 298 g/mol. The predicted octanol–water partition coefficient (Wildman–Crippen LogP) is 4.17. The molecule has 2 amide bonds. The van der Waals surface area contributed by atoms with Crippen molar-refractivity contribution in [3.05, 3.63) is 58.3 Å². The Hall–Kier alpha value is -1.98. The van der Waals surface area contributed by atoms with E-state index in [4.69, 9.17) is 16.0 Å². The summed E-state index contributed by atoms with van der Waals surface area (Å²) in [7, 11) is 0. The fourth-order valence-electron chi connectivity index (χ4n) is 1.78. The molecule has 0 radical (unpaired) electrons. The highest BCUT2D eigenvalue weighted by Crippen LogP contribution is 2.35. The third kappa shape index (κ3) is 2.37. The van der Waals surface area contributed by atoms with Gasteiger partial charge in [0.2, 0.25) is 0 Å². The molecule has 0 N–H and O–H groups in total. The van der Waals surface area contributed by atoms with Crippen molar-refractivity contribution in [1.82, 2.24) is 0 Å². The third-order valence-electron chi connectivity index (χ3n) is 2.70. The van der Waals surface area contributed by atoms with Gasteiger partial charge in [-0.1, -0.05) is 11.6 Å². The minimum Gasteiger partial charge on any atom is -0.465 e. The van der Waals surface area contributed by atoms with Crippen LogP contribution in [-0.4, -0.2) is 11.1 Å². The average Bonchev–Trinajstić information content (AvgIpc) is 3.02. The summed E-state index contributed by atoms with van der Waals surface area (Å²) in [6.45, 7) is 0. The van der Waals surface area contributed by atoms with Gasteiger partial charge in [0.25, 0.3) is 11.1 Å². The van der Waals surface area contributed by atoms with E-state index in [-0.39, 0.29) is 11.1 Å². The molecule has 0 aliphatic carbocycles. The largest absolute Gasteiger partial charge is 0.465 e. The summed E-state index contributed by atoms with van der Waals surface area (Å²) in [5.74, 6) is 0.172. The van der Waals surface area contributed by atoms with Crippen LogP contribution in [-0.2, 0) is 4.79 Å². The third-order valence-corrected chi connectivity index (χ3v) is 3.82. The fraction of sp³-hybridized carbons (Fsp3) is 0. The maximum atomic E-state index is 12.3. The van der Waals surface area contributed by atoms with Gasteiger partial charge < -0.3 is 4.42 Å². The monoisotopic (exact) mass is 305 g/mol. The highest BCUT2D eigenvalue weighted by Gasteiger charge is 2.36.